The molecular weight excluding hydrogens is 270 g/mol. The number of hydrogen-bond acceptors (Lipinski definition) is 5. The Hall–Kier alpha value is -1.91. The molecular formula is C16H23NO4. The molecule has 0 aromatic heterocycles. The SMILES string of the molecule is C=CCN=C1CC(C)(C)CC(=O)/C1=C(/O)CCC(=O)OC. The van der Waals surface area contributed by atoms with Crippen LogP contribution >= 0.6 is 0 Å². The van der Waals surface area contributed by atoms with E-state index in [1.807, 2.05) is 13.8 Å². The molecule has 21 heavy (non-hydrogen) atoms. The second-order valence-corrected chi connectivity index (χ2v) is 5.91. The van der Waals surface area contributed by atoms with Gasteiger partial charge in [-0.05, 0) is 11.8 Å². The molecule has 1 N–H and O–H groups in total. The highest BCUT2D eigenvalue weighted by atomic mass is 16.5. The highest BCUT2D eigenvalue weighted by molar-refractivity contribution is 6.24. The number of ether oxygens (including phenoxy) is 1. The molecule has 0 aliphatic heterocycles. The highest BCUT2D eigenvalue weighted by Crippen LogP contribution is 2.35. The lowest BCUT2D eigenvalue weighted by Crippen LogP contribution is -2.33. The van der Waals surface area contributed by atoms with Gasteiger partial charge in [0, 0.05) is 18.6 Å². The van der Waals surface area contributed by atoms with Crippen LogP contribution in [0.2, 0.25) is 0 Å². The Morgan fingerprint density at radius 3 is 2.67 bits per heavy atom. The number of esters is 1. The van der Waals surface area contributed by atoms with E-state index >= 15 is 0 Å². The van der Waals surface area contributed by atoms with Crippen LogP contribution in [0.15, 0.2) is 29.0 Å². The maximum atomic E-state index is 12.3. The average molecular weight is 293 g/mol. The van der Waals surface area contributed by atoms with Crippen LogP contribution in [0.4, 0.5) is 0 Å². The number of aliphatic hydroxyl groups is 1. The van der Waals surface area contributed by atoms with Gasteiger partial charge in [-0.25, -0.2) is 0 Å². The van der Waals surface area contributed by atoms with E-state index in [2.05, 4.69) is 16.3 Å². The van der Waals surface area contributed by atoms with Gasteiger partial charge in [0.15, 0.2) is 5.78 Å². The third-order valence-corrected chi connectivity index (χ3v) is 3.35. The van der Waals surface area contributed by atoms with Crippen molar-refractivity contribution in [1.82, 2.24) is 0 Å². The van der Waals surface area contributed by atoms with E-state index < -0.39 is 5.97 Å². The van der Waals surface area contributed by atoms with Gasteiger partial charge < -0.3 is 9.84 Å². The van der Waals surface area contributed by atoms with Gasteiger partial charge in [-0.1, -0.05) is 19.9 Å². The van der Waals surface area contributed by atoms with Crippen LogP contribution in [0.5, 0.6) is 0 Å². The summed E-state index contributed by atoms with van der Waals surface area (Å²) >= 11 is 0. The first kappa shape index (κ1) is 17.1. The molecule has 1 rings (SSSR count). The molecule has 0 atom stereocenters. The van der Waals surface area contributed by atoms with Crippen LogP contribution in [0.1, 0.15) is 39.5 Å². The van der Waals surface area contributed by atoms with Crippen molar-refractivity contribution in [3.05, 3.63) is 24.0 Å². The van der Waals surface area contributed by atoms with Crippen molar-refractivity contribution in [1.29, 1.82) is 0 Å². The Balaban J connectivity index is 3.06. The van der Waals surface area contributed by atoms with E-state index in [1.165, 1.54) is 7.11 Å². The fourth-order valence-electron chi connectivity index (χ4n) is 2.37. The molecule has 0 unspecified atom stereocenters. The van der Waals surface area contributed by atoms with Crippen LogP contribution in [0.25, 0.3) is 0 Å². The van der Waals surface area contributed by atoms with E-state index in [1.54, 1.807) is 6.08 Å². The fraction of sp³-hybridized carbons (Fsp3) is 0.562. The van der Waals surface area contributed by atoms with Crippen molar-refractivity contribution in [3.63, 3.8) is 0 Å². The predicted molar refractivity (Wildman–Crippen MR) is 81.4 cm³/mol. The third-order valence-electron chi connectivity index (χ3n) is 3.35. The molecule has 1 aliphatic rings. The number of hydrogen-bond donors (Lipinski definition) is 1. The number of aliphatic imine (C=N–C) groups is 1. The largest absolute Gasteiger partial charge is 0.511 e. The topological polar surface area (TPSA) is 76.0 Å². The first-order chi connectivity index (χ1) is 9.80. The van der Waals surface area contributed by atoms with Crippen LogP contribution in [-0.2, 0) is 14.3 Å². The maximum absolute atomic E-state index is 12.3. The third kappa shape index (κ3) is 4.85. The van der Waals surface area contributed by atoms with Gasteiger partial charge >= 0.3 is 5.97 Å². The van der Waals surface area contributed by atoms with Gasteiger partial charge in [-0.2, -0.15) is 0 Å². The van der Waals surface area contributed by atoms with E-state index in [0.717, 1.165) is 0 Å². The summed E-state index contributed by atoms with van der Waals surface area (Å²) in [6, 6.07) is 0. The van der Waals surface area contributed by atoms with Crippen LogP contribution in [0.3, 0.4) is 0 Å². The van der Waals surface area contributed by atoms with Gasteiger partial charge in [0.05, 0.1) is 25.6 Å². The lowest BCUT2D eigenvalue weighted by atomic mass is 9.73. The standard InChI is InChI=1S/C16H23NO4/c1-5-8-17-11-9-16(2,3)10-13(19)15(11)12(18)6-7-14(20)21-4/h5,18H,1,6-10H2,2-4H3/b15-12+,17-11?. The Bertz CT molecular complexity index is 500. The molecule has 0 heterocycles. The fourth-order valence-corrected chi connectivity index (χ4v) is 2.37. The second kappa shape index (κ2) is 7.20. The van der Waals surface area contributed by atoms with E-state index in [-0.39, 0.29) is 35.4 Å². The molecule has 1 saturated carbocycles. The minimum absolute atomic E-state index is 0.0389. The minimum Gasteiger partial charge on any atom is -0.511 e. The summed E-state index contributed by atoms with van der Waals surface area (Å²) in [5.41, 5.74) is 0.682. The number of allylic oxidation sites excluding steroid dienone is 2. The Morgan fingerprint density at radius 2 is 2.10 bits per heavy atom. The smallest absolute Gasteiger partial charge is 0.305 e. The maximum Gasteiger partial charge on any atom is 0.305 e. The molecule has 1 fully saturated rings. The summed E-state index contributed by atoms with van der Waals surface area (Å²) in [4.78, 5) is 27.8. The summed E-state index contributed by atoms with van der Waals surface area (Å²) in [5.74, 6) is -0.629. The normalized spacial score (nSPS) is 22.0. The van der Waals surface area contributed by atoms with Crippen molar-refractivity contribution in [3.8, 4) is 0 Å². The Labute approximate surface area is 125 Å². The summed E-state index contributed by atoms with van der Waals surface area (Å²) in [6.45, 7) is 8.00. The van der Waals surface area contributed by atoms with Gasteiger partial charge in [-0.3, -0.25) is 14.6 Å². The second-order valence-electron chi connectivity index (χ2n) is 5.91. The summed E-state index contributed by atoms with van der Waals surface area (Å²) < 4.78 is 4.54. The van der Waals surface area contributed by atoms with Gasteiger partial charge in [0.25, 0.3) is 0 Å². The first-order valence-corrected chi connectivity index (χ1v) is 6.97. The summed E-state index contributed by atoms with van der Waals surface area (Å²) in [6.07, 6.45) is 2.74. The van der Waals surface area contributed by atoms with Crippen molar-refractivity contribution < 1.29 is 19.4 Å². The van der Waals surface area contributed by atoms with Crippen molar-refractivity contribution in [2.75, 3.05) is 13.7 Å². The number of Topliss-reactive ketones (excluding diaryl/α,β-unsaturated/α-hetero) is 1. The zero-order valence-electron chi connectivity index (χ0n) is 12.9. The zero-order chi connectivity index (χ0) is 16.0. The molecule has 116 valence electrons. The highest BCUT2D eigenvalue weighted by Gasteiger charge is 2.36. The predicted octanol–water partition coefficient (Wildman–Crippen LogP) is 2.77. The van der Waals surface area contributed by atoms with E-state index in [0.29, 0.717) is 25.1 Å². The molecule has 0 aromatic rings. The number of methoxy groups -OCH3 is 1. The van der Waals surface area contributed by atoms with E-state index in [9.17, 15) is 14.7 Å². The quantitative estimate of drug-likeness (QED) is 0.366. The molecule has 5 heteroatoms. The van der Waals surface area contributed by atoms with Gasteiger partial charge in [0.1, 0.15) is 5.76 Å². The average Bonchev–Trinajstić information content (AvgIpc) is 2.40. The van der Waals surface area contributed by atoms with Crippen molar-refractivity contribution >= 4 is 17.5 Å². The van der Waals surface area contributed by atoms with Crippen LogP contribution in [-0.4, -0.2) is 36.2 Å². The molecule has 0 radical (unpaired) electrons. The first-order valence-electron chi connectivity index (χ1n) is 6.97. The lowest BCUT2D eigenvalue weighted by molar-refractivity contribution is -0.140. The van der Waals surface area contributed by atoms with Crippen molar-refractivity contribution in [2.24, 2.45) is 10.4 Å². The molecule has 0 spiro atoms. The summed E-state index contributed by atoms with van der Waals surface area (Å²) in [7, 11) is 1.29. The zero-order valence-corrected chi connectivity index (χ0v) is 12.9. The monoisotopic (exact) mass is 293 g/mol. The van der Waals surface area contributed by atoms with Crippen LogP contribution < -0.4 is 0 Å². The van der Waals surface area contributed by atoms with Crippen LogP contribution in [0, 0.1) is 5.41 Å². The lowest BCUT2D eigenvalue weighted by Gasteiger charge is -2.31. The number of ketones is 1. The summed E-state index contributed by atoms with van der Waals surface area (Å²) in [5, 5.41) is 10.2. The Kier molecular flexibility index (Phi) is 5.88. The van der Waals surface area contributed by atoms with Crippen molar-refractivity contribution in [2.45, 2.75) is 39.5 Å². The molecule has 0 amide bonds. The minimum atomic E-state index is -0.421. The number of carbonyl (C=O) groups excluding carboxylic acids is 2. The molecule has 5 nitrogen and oxygen atoms in total. The molecule has 0 bridgehead atoms. The Morgan fingerprint density at radius 1 is 1.43 bits per heavy atom. The number of aliphatic hydroxyl groups excluding tert-OH is 1. The van der Waals surface area contributed by atoms with Gasteiger partial charge in [0.2, 0.25) is 0 Å². The van der Waals surface area contributed by atoms with E-state index in [4.69, 9.17) is 0 Å². The molecule has 0 aromatic carbocycles. The number of nitrogens with zero attached hydrogens (tertiary/aromatic N) is 1. The molecule has 1 aliphatic carbocycles. The molecule has 0 saturated heterocycles. The van der Waals surface area contributed by atoms with Gasteiger partial charge in [-0.15, -0.1) is 6.58 Å². The number of carbonyl (C=O) groups is 2. The number of rotatable bonds is 5.